The van der Waals surface area contributed by atoms with Crippen LogP contribution in [0.3, 0.4) is 0 Å². The molecule has 0 saturated heterocycles. The van der Waals surface area contributed by atoms with Crippen molar-refractivity contribution in [2.24, 2.45) is 0 Å². The number of anilines is 4. The van der Waals surface area contributed by atoms with Gasteiger partial charge in [0, 0.05) is 34.5 Å². The molecule has 4 rings (SSSR count). The number of rotatable bonds is 9. The predicted molar refractivity (Wildman–Crippen MR) is 141 cm³/mol. The Morgan fingerprint density at radius 2 is 1.69 bits per heavy atom. The van der Waals surface area contributed by atoms with Gasteiger partial charge >= 0.3 is 0 Å². The number of aromatic nitrogens is 2. The molecule has 0 spiro atoms. The van der Waals surface area contributed by atoms with Gasteiger partial charge in [-0.1, -0.05) is 23.5 Å². The van der Waals surface area contributed by atoms with E-state index in [1.54, 1.807) is 51.7 Å². The van der Waals surface area contributed by atoms with Crippen molar-refractivity contribution < 1.29 is 22.6 Å². The highest BCUT2D eigenvalue weighted by molar-refractivity contribution is 7.92. The van der Waals surface area contributed by atoms with Crippen LogP contribution in [0.1, 0.15) is 0 Å². The van der Waals surface area contributed by atoms with Crippen molar-refractivity contribution in [2.75, 3.05) is 43.4 Å². The van der Waals surface area contributed by atoms with Crippen LogP contribution in [-0.2, 0) is 10.0 Å². The maximum absolute atomic E-state index is 11.5. The van der Waals surface area contributed by atoms with E-state index in [9.17, 15) is 8.42 Å². The maximum atomic E-state index is 11.5. The van der Waals surface area contributed by atoms with E-state index in [1.165, 1.54) is 22.7 Å². The topological polar surface area (TPSA) is 138 Å². The summed E-state index contributed by atoms with van der Waals surface area (Å²) in [6.07, 6.45) is 1.11. The van der Waals surface area contributed by atoms with Gasteiger partial charge in [0.25, 0.3) is 0 Å². The predicted octanol–water partition coefficient (Wildman–Crippen LogP) is 4.66. The highest BCUT2D eigenvalue weighted by Crippen LogP contribution is 2.43. The van der Waals surface area contributed by atoms with E-state index in [2.05, 4.69) is 15.0 Å². The fraction of sp³-hybridized carbons (Fsp3) is 0.182. The monoisotopic (exact) mass is 533 g/mol. The lowest BCUT2D eigenvalue weighted by Gasteiger charge is -2.14. The molecule has 13 heteroatoms. The molecule has 0 aliphatic heterocycles. The van der Waals surface area contributed by atoms with Gasteiger partial charge in [-0.15, -0.1) is 11.3 Å². The minimum Gasteiger partial charge on any atom is -0.493 e. The van der Waals surface area contributed by atoms with Crippen LogP contribution in [0, 0.1) is 0 Å². The number of nitrogens with two attached hydrogens (primary N) is 1. The summed E-state index contributed by atoms with van der Waals surface area (Å²) >= 11 is 2.78. The number of ether oxygens (including phenoxy) is 3. The van der Waals surface area contributed by atoms with Gasteiger partial charge in [0.15, 0.2) is 16.6 Å². The molecule has 0 amide bonds. The lowest BCUT2D eigenvalue weighted by atomic mass is 10.1. The zero-order valence-corrected chi connectivity index (χ0v) is 21.7. The van der Waals surface area contributed by atoms with E-state index in [4.69, 9.17) is 24.9 Å². The molecule has 0 aliphatic carbocycles. The summed E-state index contributed by atoms with van der Waals surface area (Å²) in [5.41, 5.74) is 8.84. The Kier molecular flexibility index (Phi) is 7.00. The molecule has 10 nitrogen and oxygen atoms in total. The molecule has 2 aromatic heterocycles. The first-order valence-corrected chi connectivity index (χ1v) is 13.7. The maximum Gasteiger partial charge on any atom is 0.229 e. The van der Waals surface area contributed by atoms with Gasteiger partial charge in [0.1, 0.15) is 15.7 Å². The third-order valence-corrected chi connectivity index (χ3v) is 7.32. The number of nitrogens with one attached hydrogen (secondary N) is 2. The van der Waals surface area contributed by atoms with Crippen LogP contribution in [-0.4, -0.2) is 46.0 Å². The molecule has 0 bridgehead atoms. The number of hydrogen-bond donors (Lipinski definition) is 3. The quantitative estimate of drug-likeness (QED) is 0.280. The van der Waals surface area contributed by atoms with Gasteiger partial charge in [-0.2, -0.15) is 0 Å². The van der Waals surface area contributed by atoms with Crippen LogP contribution in [0.15, 0.2) is 41.8 Å². The van der Waals surface area contributed by atoms with Crippen LogP contribution in [0.4, 0.5) is 22.3 Å². The van der Waals surface area contributed by atoms with Crippen molar-refractivity contribution in [3.63, 3.8) is 0 Å². The number of benzene rings is 2. The molecule has 0 saturated carbocycles. The number of hydrogen-bond acceptors (Lipinski definition) is 11. The first-order valence-electron chi connectivity index (χ1n) is 10.1. The standard InChI is InChI=1S/C22H23N5O5S3/c1-30-16-9-14(10-17(31-2)18(16)32-3)24-22-26-20(23)19(34-22)21-25-15(11-33-21)12-6-5-7-13(8-12)27-35(4,28)29/h5-11,27H,23H2,1-4H3,(H,24,26). The van der Waals surface area contributed by atoms with Crippen molar-refractivity contribution in [1.29, 1.82) is 0 Å². The Labute approximate surface area is 210 Å². The zero-order chi connectivity index (χ0) is 25.2. The molecule has 35 heavy (non-hydrogen) atoms. The average Bonchev–Trinajstić information content (AvgIpc) is 3.44. The fourth-order valence-corrected chi connectivity index (χ4v) is 5.67. The SMILES string of the molecule is COc1cc(Nc2nc(N)c(-c3nc(-c4cccc(NS(C)(=O)=O)c4)cs3)s2)cc(OC)c1OC. The van der Waals surface area contributed by atoms with E-state index in [1.807, 2.05) is 11.4 Å². The van der Waals surface area contributed by atoms with E-state index >= 15 is 0 Å². The molecule has 4 N–H and O–H groups in total. The normalized spacial score (nSPS) is 11.2. The van der Waals surface area contributed by atoms with Crippen LogP contribution < -0.4 is 30.0 Å². The minimum atomic E-state index is -3.38. The second-order valence-corrected chi connectivity index (χ2v) is 10.9. The first kappa shape index (κ1) is 24.6. The molecule has 0 unspecified atom stereocenters. The number of methoxy groups -OCH3 is 3. The Hall–Kier alpha value is -3.55. The number of thiazole rings is 2. The highest BCUT2D eigenvalue weighted by Gasteiger charge is 2.18. The van der Waals surface area contributed by atoms with E-state index in [0.29, 0.717) is 50.3 Å². The van der Waals surface area contributed by atoms with Gasteiger partial charge < -0.3 is 25.3 Å². The third kappa shape index (κ3) is 5.58. The summed E-state index contributed by atoms with van der Waals surface area (Å²) in [7, 11) is 1.27. The number of sulfonamides is 1. The Morgan fingerprint density at radius 3 is 2.31 bits per heavy atom. The van der Waals surface area contributed by atoms with Crippen LogP contribution in [0.5, 0.6) is 17.2 Å². The lowest BCUT2D eigenvalue weighted by molar-refractivity contribution is 0.324. The molecule has 2 aromatic carbocycles. The fourth-order valence-electron chi connectivity index (χ4n) is 3.28. The number of nitrogens with zero attached hydrogens (tertiary/aromatic N) is 2. The summed E-state index contributed by atoms with van der Waals surface area (Å²) < 4.78 is 41.7. The molecule has 0 radical (unpaired) electrons. The molecule has 0 fully saturated rings. The summed E-state index contributed by atoms with van der Waals surface area (Å²) in [6, 6.07) is 10.6. The highest BCUT2D eigenvalue weighted by atomic mass is 32.2. The van der Waals surface area contributed by atoms with Gasteiger partial charge in [-0.3, -0.25) is 4.72 Å². The first-order chi connectivity index (χ1) is 16.7. The van der Waals surface area contributed by atoms with E-state index in [0.717, 1.165) is 16.7 Å². The van der Waals surface area contributed by atoms with Crippen LogP contribution >= 0.6 is 22.7 Å². The molecule has 4 aromatic rings. The van der Waals surface area contributed by atoms with Crippen molar-refractivity contribution in [3.8, 4) is 38.4 Å². The van der Waals surface area contributed by atoms with Crippen molar-refractivity contribution in [3.05, 3.63) is 41.8 Å². The molecular formula is C22H23N5O5S3. The average molecular weight is 534 g/mol. The molecular weight excluding hydrogens is 510 g/mol. The second-order valence-electron chi connectivity index (χ2n) is 7.27. The van der Waals surface area contributed by atoms with Gasteiger partial charge in [0.2, 0.25) is 15.8 Å². The summed E-state index contributed by atoms with van der Waals surface area (Å²) in [5.74, 6) is 1.86. The van der Waals surface area contributed by atoms with Gasteiger partial charge in [0.05, 0.1) is 33.3 Å². The minimum absolute atomic E-state index is 0.346. The summed E-state index contributed by atoms with van der Waals surface area (Å²) in [4.78, 5) is 9.85. The van der Waals surface area contributed by atoms with Gasteiger partial charge in [-0.25, -0.2) is 18.4 Å². The van der Waals surface area contributed by atoms with Gasteiger partial charge in [-0.05, 0) is 12.1 Å². The molecule has 0 atom stereocenters. The second kappa shape index (κ2) is 9.98. The number of nitrogen functional groups attached to an aromatic ring is 1. The molecule has 0 aliphatic rings. The smallest absolute Gasteiger partial charge is 0.229 e. The molecule has 2 heterocycles. The zero-order valence-electron chi connectivity index (χ0n) is 19.3. The van der Waals surface area contributed by atoms with Crippen LogP contribution in [0.2, 0.25) is 0 Å². The van der Waals surface area contributed by atoms with E-state index < -0.39 is 10.0 Å². The largest absolute Gasteiger partial charge is 0.493 e. The summed E-state index contributed by atoms with van der Waals surface area (Å²) in [5, 5.41) is 6.39. The Balaban J connectivity index is 1.59. The third-order valence-electron chi connectivity index (χ3n) is 4.73. The Bertz CT molecular complexity index is 1440. The lowest BCUT2D eigenvalue weighted by Crippen LogP contribution is -2.09. The van der Waals surface area contributed by atoms with E-state index in [-0.39, 0.29) is 0 Å². The summed E-state index contributed by atoms with van der Waals surface area (Å²) in [6.45, 7) is 0. The molecule has 184 valence electrons. The van der Waals surface area contributed by atoms with Crippen molar-refractivity contribution in [2.45, 2.75) is 0 Å². The van der Waals surface area contributed by atoms with Crippen molar-refractivity contribution in [1.82, 2.24) is 9.97 Å². The Morgan fingerprint density at radius 1 is 0.971 bits per heavy atom. The van der Waals surface area contributed by atoms with Crippen molar-refractivity contribution >= 4 is 55.0 Å². The van der Waals surface area contributed by atoms with Crippen LogP contribution in [0.25, 0.3) is 21.1 Å².